The lowest BCUT2D eigenvalue weighted by Crippen LogP contribution is -1.99. The summed E-state index contributed by atoms with van der Waals surface area (Å²) in [6.45, 7) is 0. The molecule has 144 valence electrons. The maximum atomic E-state index is 11.0. The third-order valence-corrected chi connectivity index (χ3v) is 5.37. The zero-order chi connectivity index (χ0) is 19.8. The van der Waals surface area contributed by atoms with Gasteiger partial charge in [-0.05, 0) is 48.2 Å². The van der Waals surface area contributed by atoms with Crippen molar-refractivity contribution >= 4 is 17.2 Å². The van der Waals surface area contributed by atoms with Gasteiger partial charge in [0.25, 0.3) is 0 Å². The Kier molecular flexibility index (Phi) is 4.20. The van der Waals surface area contributed by atoms with Gasteiger partial charge in [0.15, 0.2) is 5.65 Å². The molecule has 0 radical (unpaired) electrons. The number of hydrogen-bond acceptors (Lipinski definition) is 6. The molecule has 1 aliphatic rings. The number of benzene rings is 2. The van der Waals surface area contributed by atoms with Crippen molar-refractivity contribution in [2.45, 2.75) is 18.9 Å². The van der Waals surface area contributed by atoms with Gasteiger partial charge < -0.3 is 10.1 Å². The second kappa shape index (κ2) is 7.01. The molecule has 2 heterocycles. The fraction of sp³-hybridized carbons (Fsp3) is 0.182. The maximum absolute atomic E-state index is 11.0. The summed E-state index contributed by atoms with van der Waals surface area (Å²) in [5.74, 6) is 1.58. The quantitative estimate of drug-likeness (QED) is 0.494. The van der Waals surface area contributed by atoms with Gasteiger partial charge in [0, 0.05) is 23.6 Å². The first-order valence-electron chi connectivity index (χ1n) is 9.46. The van der Waals surface area contributed by atoms with E-state index in [0.717, 1.165) is 58.1 Å². The van der Waals surface area contributed by atoms with Gasteiger partial charge in [0.2, 0.25) is 0 Å². The Bertz CT molecular complexity index is 1220. The Morgan fingerprint density at radius 1 is 1.24 bits per heavy atom. The van der Waals surface area contributed by atoms with Crippen molar-refractivity contribution in [1.29, 1.82) is 0 Å². The van der Waals surface area contributed by atoms with Gasteiger partial charge in [-0.1, -0.05) is 23.4 Å². The van der Waals surface area contributed by atoms with E-state index in [1.165, 1.54) is 0 Å². The number of aryl methyl sites for hydroxylation is 1. The van der Waals surface area contributed by atoms with Gasteiger partial charge in [-0.3, -0.25) is 9.38 Å². The number of aromatic nitrogens is 3. The summed E-state index contributed by atoms with van der Waals surface area (Å²) in [7, 11) is 1.65. The van der Waals surface area contributed by atoms with E-state index in [2.05, 4.69) is 21.5 Å². The standard InChI is InChI=1S/C22H19N5O2/c1-29-19-5-3-2-4-17(19)21-22(27-11-10-23-13-20(27)25-21)24-15-7-8-16-14(12-15)6-9-18(16)26-28/h2-5,7-8,10-13,18,24H,6,9H2,1H3. The van der Waals surface area contributed by atoms with Crippen LogP contribution < -0.4 is 10.1 Å². The van der Waals surface area contributed by atoms with Gasteiger partial charge in [-0.25, -0.2) is 4.98 Å². The van der Waals surface area contributed by atoms with Crippen molar-refractivity contribution < 1.29 is 4.74 Å². The number of rotatable bonds is 5. The molecule has 1 atom stereocenters. The summed E-state index contributed by atoms with van der Waals surface area (Å²) in [5.41, 5.74) is 5.54. The molecule has 1 N–H and O–H groups in total. The van der Waals surface area contributed by atoms with Gasteiger partial charge in [-0.15, -0.1) is 0 Å². The molecule has 0 saturated carbocycles. The topological polar surface area (TPSA) is 80.9 Å². The fourth-order valence-electron chi connectivity index (χ4n) is 3.97. The maximum Gasteiger partial charge on any atom is 0.157 e. The van der Waals surface area contributed by atoms with Gasteiger partial charge >= 0.3 is 0 Å². The summed E-state index contributed by atoms with van der Waals surface area (Å²) in [6.07, 6.45) is 6.97. The lowest BCUT2D eigenvalue weighted by Gasteiger charge is -2.12. The molecular formula is C22H19N5O2. The average Bonchev–Trinajstić information content (AvgIpc) is 3.35. The molecule has 7 heteroatoms. The van der Waals surface area contributed by atoms with E-state index in [4.69, 9.17) is 9.72 Å². The summed E-state index contributed by atoms with van der Waals surface area (Å²) in [6, 6.07) is 13.6. The summed E-state index contributed by atoms with van der Waals surface area (Å²) >= 11 is 0. The predicted molar refractivity (Wildman–Crippen MR) is 112 cm³/mol. The molecule has 2 aromatic heterocycles. The Labute approximate surface area is 167 Å². The molecule has 0 saturated heterocycles. The Hall–Kier alpha value is -3.74. The van der Waals surface area contributed by atoms with Crippen molar-refractivity contribution in [3.63, 3.8) is 0 Å². The molecule has 0 amide bonds. The summed E-state index contributed by atoms with van der Waals surface area (Å²) in [5, 5.41) is 6.76. The minimum absolute atomic E-state index is 0.231. The highest BCUT2D eigenvalue weighted by molar-refractivity contribution is 5.82. The average molecular weight is 385 g/mol. The van der Waals surface area contributed by atoms with Crippen molar-refractivity contribution in [2.75, 3.05) is 12.4 Å². The molecule has 7 nitrogen and oxygen atoms in total. The number of fused-ring (bicyclic) bond motifs is 2. The van der Waals surface area contributed by atoms with Crippen LogP contribution in [0.5, 0.6) is 5.75 Å². The molecule has 29 heavy (non-hydrogen) atoms. The zero-order valence-corrected chi connectivity index (χ0v) is 15.9. The second-order valence-corrected chi connectivity index (χ2v) is 7.01. The Morgan fingerprint density at radius 2 is 2.14 bits per heavy atom. The summed E-state index contributed by atoms with van der Waals surface area (Å²) in [4.78, 5) is 20.0. The van der Waals surface area contributed by atoms with E-state index in [0.29, 0.717) is 0 Å². The number of imidazole rings is 1. The van der Waals surface area contributed by atoms with Crippen LogP contribution in [0.4, 0.5) is 11.5 Å². The van der Waals surface area contributed by atoms with Crippen LogP contribution in [0, 0.1) is 4.91 Å². The molecule has 5 rings (SSSR count). The number of para-hydroxylation sites is 1. The highest BCUT2D eigenvalue weighted by atomic mass is 16.5. The van der Waals surface area contributed by atoms with E-state index < -0.39 is 0 Å². The first kappa shape index (κ1) is 17.4. The van der Waals surface area contributed by atoms with Crippen LogP contribution in [0.1, 0.15) is 23.6 Å². The van der Waals surface area contributed by atoms with Crippen LogP contribution in [0.3, 0.4) is 0 Å². The van der Waals surface area contributed by atoms with E-state index >= 15 is 0 Å². The van der Waals surface area contributed by atoms with Crippen LogP contribution in [-0.4, -0.2) is 21.5 Å². The largest absolute Gasteiger partial charge is 0.496 e. The number of nitrogens with zero attached hydrogens (tertiary/aromatic N) is 4. The number of nitrogens with one attached hydrogen (secondary N) is 1. The molecule has 0 spiro atoms. The summed E-state index contributed by atoms with van der Waals surface area (Å²) < 4.78 is 7.52. The molecule has 1 aliphatic carbocycles. The molecule has 1 unspecified atom stereocenters. The van der Waals surface area contributed by atoms with Crippen molar-refractivity contribution in [2.24, 2.45) is 5.18 Å². The van der Waals surface area contributed by atoms with Crippen molar-refractivity contribution in [1.82, 2.24) is 14.4 Å². The van der Waals surface area contributed by atoms with E-state index in [-0.39, 0.29) is 6.04 Å². The van der Waals surface area contributed by atoms with Crippen molar-refractivity contribution in [3.05, 3.63) is 77.1 Å². The Morgan fingerprint density at radius 3 is 3.00 bits per heavy atom. The molecule has 0 fully saturated rings. The molecule has 4 aromatic rings. The minimum Gasteiger partial charge on any atom is -0.496 e. The van der Waals surface area contributed by atoms with Gasteiger partial charge in [0.05, 0.1) is 13.3 Å². The third-order valence-electron chi connectivity index (χ3n) is 5.37. The predicted octanol–water partition coefficient (Wildman–Crippen LogP) is 4.90. The highest BCUT2D eigenvalue weighted by Crippen LogP contribution is 2.38. The fourth-order valence-corrected chi connectivity index (χ4v) is 3.97. The van der Waals surface area contributed by atoms with Crippen LogP contribution >= 0.6 is 0 Å². The van der Waals surface area contributed by atoms with Crippen LogP contribution in [-0.2, 0) is 6.42 Å². The smallest absolute Gasteiger partial charge is 0.157 e. The molecule has 0 bridgehead atoms. The zero-order valence-electron chi connectivity index (χ0n) is 15.9. The minimum atomic E-state index is -0.231. The van der Waals surface area contributed by atoms with Gasteiger partial charge in [-0.2, -0.15) is 4.91 Å². The highest BCUT2D eigenvalue weighted by Gasteiger charge is 2.24. The lowest BCUT2D eigenvalue weighted by molar-refractivity contribution is 0.416. The van der Waals surface area contributed by atoms with E-state index in [1.807, 2.05) is 47.0 Å². The molecule has 0 aliphatic heterocycles. The number of hydrogen-bond donors (Lipinski definition) is 1. The van der Waals surface area contributed by atoms with Gasteiger partial charge in [0.1, 0.15) is 23.3 Å². The second-order valence-electron chi connectivity index (χ2n) is 7.01. The SMILES string of the molecule is COc1ccccc1-c1nc2cnccn2c1Nc1ccc2c(c1)CCC2N=O. The number of nitroso groups, excluding NO2 is 1. The van der Waals surface area contributed by atoms with E-state index in [1.54, 1.807) is 19.5 Å². The molecule has 2 aromatic carbocycles. The van der Waals surface area contributed by atoms with Crippen LogP contribution in [0.2, 0.25) is 0 Å². The van der Waals surface area contributed by atoms with Crippen molar-refractivity contribution in [3.8, 4) is 17.0 Å². The lowest BCUT2D eigenvalue weighted by atomic mass is 10.1. The third kappa shape index (κ3) is 2.91. The number of ether oxygens (including phenoxy) is 1. The first-order chi connectivity index (χ1) is 14.3. The van der Waals surface area contributed by atoms with Crippen LogP contribution in [0.15, 0.2) is 66.2 Å². The van der Waals surface area contributed by atoms with E-state index in [9.17, 15) is 4.91 Å². The number of methoxy groups -OCH3 is 1. The monoisotopic (exact) mass is 385 g/mol. The molecular weight excluding hydrogens is 366 g/mol. The Balaban J connectivity index is 1.63. The number of anilines is 2. The normalized spacial score (nSPS) is 15.3. The van der Waals surface area contributed by atoms with Crippen LogP contribution in [0.25, 0.3) is 16.9 Å². The first-order valence-corrected chi connectivity index (χ1v) is 9.46.